The van der Waals surface area contributed by atoms with E-state index in [1.54, 1.807) is 0 Å². The van der Waals surface area contributed by atoms with Gasteiger partial charge in [0.15, 0.2) is 0 Å². The second-order valence-corrected chi connectivity index (χ2v) is 2.34. The van der Waals surface area contributed by atoms with Gasteiger partial charge in [0.05, 0.1) is 6.20 Å². The quantitative estimate of drug-likeness (QED) is 0.804. The predicted molar refractivity (Wildman–Crippen MR) is 46.4 cm³/mol. The van der Waals surface area contributed by atoms with Crippen LogP contribution in [-0.4, -0.2) is 15.5 Å². The minimum atomic E-state index is 0. The molecule has 1 aromatic rings. The van der Waals surface area contributed by atoms with Gasteiger partial charge in [0.25, 0.3) is 0 Å². The van der Waals surface area contributed by atoms with Gasteiger partial charge in [0.2, 0.25) is 0 Å². The van der Waals surface area contributed by atoms with E-state index in [1.807, 2.05) is 12.4 Å². The van der Waals surface area contributed by atoms with E-state index >= 15 is 0 Å². The first-order valence-corrected chi connectivity index (χ1v) is 3.59. The number of nitrogens with one attached hydrogen (secondary N) is 1. The van der Waals surface area contributed by atoms with Gasteiger partial charge in [-0.2, -0.15) is 5.10 Å². The maximum atomic E-state index is 3.79. The molecule has 0 atom stereocenters. The summed E-state index contributed by atoms with van der Waals surface area (Å²) < 4.78 is 0. The number of hydrogen-bond donors (Lipinski definition) is 1. The highest BCUT2D eigenvalue weighted by Gasteiger charge is 1.88. The number of nitrogens with zero attached hydrogens (tertiary/aromatic N) is 1. The summed E-state index contributed by atoms with van der Waals surface area (Å²) in [5.41, 5.74) is 1.25. The lowest BCUT2D eigenvalue weighted by molar-refractivity contribution is 1.09. The molecule has 0 aliphatic carbocycles. The maximum Gasteiger partial charge on any atom is 0.0519 e. The van der Waals surface area contributed by atoms with Crippen molar-refractivity contribution < 1.29 is 0 Å². The number of rotatable bonds is 2. The van der Waals surface area contributed by atoms with E-state index in [1.165, 1.54) is 5.56 Å². The highest BCUT2D eigenvalue weighted by atomic mass is 79.9. The number of aromatic nitrogens is 2. The summed E-state index contributed by atoms with van der Waals surface area (Å²) in [6.07, 6.45) is 4.79. The highest BCUT2D eigenvalue weighted by Crippen LogP contribution is 1.96. The van der Waals surface area contributed by atoms with Gasteiger partial charge in [-0.25, -0.2) is 0 Å². The van der Waals surface area contributed by atoms with E-state index in [9.17, 15) is 0 Å². The Morgan fingerprint density at radius 1 is 1.67 bits per heavy atom. The van der Waals surface area contributed by atoms with Crippen LogP contribution in [0.25, 0.3) is 0 Å². The van der Waals surface area contributed by atoms with Gasteiger partial charge < -0.3 is 0 Å². The first kappa shape index (κ1) is 9.17. The Morgan fingerprint density at radius 2 is 2.44 bits per heavy atom. The van der Waals surface area contributed by atoms with Gasteiger partial charge in [-0.3, -0.25) is 5.10 Å². The molecule has 1 heterocycles. The van der Waals surface area contributed by atoms with Gasteiger partial charge in [-0.05, 0) is 12.0 Å². The van der Waals surface area contributed by atoms with E-state index in [0.29, 0.717) is 0 Å². The lowest BCUT2D eigenvalue weighted by atomic mass is 10.3. The molecule has 0 amide bonds. The summed E-state index contributed by atoms with van der Waals surface area (Å²) in [7, 11) is 0. The van der Waals surface area contributed by atoms with Crippen molar-refractivity contribution in [1.82, 2.24) is 10.2 Å². The number of aryl methyl sites for hydroxylation is 1. The molecule has 0 fully saturated rings. The van der Waals surface area contributed by atoms with Crippen LogP contribution in [0.3, 0.4) is 0 Å². The van der Waals surface area contributed by atoms with E-state index in [-0.39, 0.29) is 17.0 Å². The monoisotopic (exact) mass is 254 g/mol. The van der Waals surface area contributed by atoms with Crippen molar-refractivity contribution in [3.63, 3.8) is 0 Å². The van der Waals surface area contributed by atoms with E-state index in [4.69, 9.17) is 0 Å². The topological polar surface area (TPSA) is 28.7 Å². The minimum absolute atomic E-state index is 0. The third-order valence-electron chi connectivity index (χ3n) is 0.938. The second-order valence-electron chi connectivity index (χ2n) is 1.55. The molecular weight excluding hydrogens is 248 g/mol. The molecule has 1 rings (SSSR count). The van der Waals surface area contributed by atoms with E-state index in [2.05, 4.69) is 26.1 Å². The largest absolute Gasteiger partial charge is 0.285 e. The molecule has 0 radical (unpaired) electrons. The standard InChI is InChI=1S/C5H7BrN2.BrH/c6-2-1-5-3-7-8-4-5;/h3-4H,1-2H2,(H,7,8);1H. The van der Waals surface area contributed by atoms with Crippen LogP contribution in [0.4, 0.5) is 0 Å². The molecule has 0 aliphatic heterocycles. The van der Waals surface area contributed by atoms with Crippen molar-refractivity contribution in [3.8, 4) is 0 Å². The van der Waals surface area contributed by atoms with Gasteiger partial charge in [-0.15, -0.1) is 17.0 Å². The fourth-order valence-corrected chi connectivity index (χ4v) is 0.981. The average molecular weight is 256 g/mol. The first-order valence-electron chi connectivity index (χ1n) is 2.47. The van der Waals surface area contributed by atoms with Crippen molar-refractivity contribution in [1.29, 1.82) is 0 Å². The summed E-state index contributed by atoms with van der Waals surface area (Å²) in [5.74, 6) is 0. The Labute approximate surface area is 72.9 Å². The zero-order valence-electron chi connectivity index (χ0n) is 4.80. The Balaban J connectivity index is 0.000000640. The average Bonchev–Trinajstić information content (AvgIpc) is 2.19. The molecule has 0 saturated heterocycles. The van der Waals surface area contributed by atoms with Crippen LogP contribution in [-0.2, 0) is 6.42 Å². The smallest absolute Gasteiger partial charge is 0.0519 e. The second kappa shape index (κ2) is 4.99. The van der Waals surface area contributed by atoms with Gasteiger partial charge in [0.1, 0.15) is 0 Å². The fraction of sp³-hybridized carbons (Fsp3) is 0.400. The zero-order valence-corrected chi connectivity index (χ0v) is 8.10. The molecular formula is C5H8Br2N2. The number of H-pyrrole nitrogens is 1. The molecule has 0 saturated carbocycles. The first-order chi connectivity index (χ1) is 3.93. The van der Waals surface area contributed by atoms with Crippen molar-refractivity contribution in [2.45, 2.75) is 6.42 Å². The Hall–Kier alpha value is 0.170. The van der Waals surface area contributed by atoms with Crippen LogP contribution in [0, 0.1) is 0 Å². The van der Waals surface area contributed by atoms with Gasteiger partial charge >= 0.3 is 0 Å². The molecule has 52 valence electrons. The lowest BCUT2D eigenvalue weighted by Crippen LogP contribution is -1.78. The Morgan fingerprint density at radius 3 is 2.89 bits per heavy atom. The molecule has 2 nitrogen and oxygen atoms in total. The number of alkyl halides is 1. The van der Waals surface area contributed by atoms with Gasteiger partial charge in [-0.1, -0.05) is 15.9 Å². The van der Waals surface area contributed by atoms with Crippen LogP contribution < -0.4 is 0 Å². The lowest BCUT2D eigenvalue weighted by Gasteiger charge is -1.83. The summed E-state index contributed by atoms with van der Waals surface area (Å²) in [6.45, 7) is 0. The molecule has 1 N–H and O–H groups in total. The van der Waals surface area contributed by atoms with E-state index in [0.717, 1.165) is 11.8 Å². The predicted octanol–water partition coefficient (Wildman–Crippen LogP) is 1.92. The molecule has 9 heavy (non-hydrogen) atoms. The molecule has 0 bridgehead atoms. The minimum Gasteiger partial charge on any atom is -0.285 e. The SMILES string of the molecule is Br.BrCCc1cn[nH]c1. The molecule has 0 aromatic carbocycles. The molecule has 4 heteroatoms. The Bertz CT molecular complexity index is 139. The number of aromatic amines is 1. The molecule has 1 aromatic heterocycles. The fourth-order valence-electron chi connectivity index (χ4n) is 0.523. The Kier molecular flexibility index (Phi) is 5.09. The normalized spacial score (nSPS) is 8.56. The van der Waals surface area contributed by atoms with Crippen molar-refractivity contribution >= 4 is 32.9 Å². The van der Waals surface area contributed by atoms with Crippen molar-refractivity contribution in [2.24, 2.45) is 0 Å². The third kappa shape index (κ3) is 3.01. The molecule has 0 unspecified atom stereocenters. The number of hydrogen-bond acceptors (Lipinski definition) is 1. The summed E-state index contributed by atoms with van der Waals surface area (Å²) in [4.78, 5) is 0. The zero-order chi connectivity index (χ0) is 5.82. The summed E-state index contributed by atoms with van der Waals surface area (Å²) in [6, 6.07) is 0. The van der Waals surface area contributed by atoms with Crippen LogP contribution >= 0.6 is 32.9 Å². The van der Waals surface area contributed by atoms with Crippen LogP contribution in [0.1, 0.15) is 5.56 Å². The third-order valence-corrected chi connectivity index (χ3v) is 1.33. The molecule has 0 spiro atoms. The number of halogens is 2. The van der Waals surface area contributed by atoms with Crippen molar-refractivity contribution in [2.75, 3.05) is 5.33 Å². The van der Waals surface area contributed by atoms with Crippen LogP contribution in [0.5, 0.6) is 0 Å². The maximum absolute atomic E-state index is 3.79. The molecule has 0 aliphatic rings. The van der Waals surface area contributed by atoms with Gasteiger partial charge in [0, 0.05) is 11.5 Å². The summed E-state index contributed by atoms with van der Waals surface area (Å²) in [5, 5.41) is 7.55. The van der Waals surface area contributed by atoms with E-state index < -0.39 is 0 Å². The highest BCUT2D eigenvalue weighted by molar-refractivity contribution is 9.09. The van der Waals surface area contributed by atoms with Crippen molar-refractivity contribution in [3.05, 3.63) is 18.0 Å². The van der Waals surface area contributed by atoms with Crippen LogP contribution in [0.15, 0.2) is 12.4 Å². The van der Waals surface area contributed by atoms with Crippen LogP contribution in [0.2, 0.25) is 0 Å². The summed E-state index contributed by atoms with van der Waals surface area (Å²) >= 11 is 3.33.